The second-order valence-electron chi connectivity index (χ2n) is 5.72. The first-order chi connectivity index (χ1) is 10.5. The lowest BCUT2D eigenvalue weighted by Crippen LogP contribution is -2.44. The van der Waals surface area contributed by atoms with Crippen molar-refractivity contribution in [2.75, 3.05) is 13.2 Å². The highest BCUT2D eigenvalue weighted by molar-refractivity contribution is 5.97. The molecular formula is C16H22N2O4. The molecule has 1 aromatic rings. The molecule has 1 aliphatic heterocycles. The standard InChI is InChI=1S/C16H22N2O4/c1-10-2-3-14(19)12(8-10)16(21)18-13(9-15(17)20)11-4-6-22-7-5-11/h2-3,8,11,13,19H,4-7,9H2,1H3,(H2,17,20)(H,18,21). The van der Waals surface area contributed by atoms with E-state index in [9.17, 15) is 14.7 Å². The molecule has 4 N–H and O–H groups in total. The SMILES string of the molecule is Cc1ccc(O)c(C(=O)NC(CC(N)=O)C2CCOCC2)c1. The Bertz CT molecular complexity index is 553. The minimum absolute atomic E-state index is 0.0760. The maximum absolute atomic E-state index is 12.4. The van der Waals surface area contributed by atoms with Crippen molar-refractivity contribution in [3.63, 3.8) is 0 Å². The summed E-state index contributed by atoms with van der Waals surface area (Å²) in [7, 11) is 0. The first kappa shape index (κ1) is 16.3. The largest absolute Gasteiger partial charge is 0.507 e. The van der Waals surface area contributed by atoms with Crippen LogP contribution in [0.25, 0.3) is 0 Å². The monoisotopic (exact) mass is 306 g/mol. The van der Waals surface area contributed by atoms with Crippen LogP contribution in [0.3, 0.4) is 0 Å². The lowest BCUT2D eigenvalue weighted by atomic mass is 9.89. The smallest absolute Gasteiger partial charge is 0.255 e. The maximum atomic E-state index is 12.4. The van der Waals surface area contributed by atoms with Crippen LogP contribution in [0, 0.1) is 12.8 Å². The van der Waals surface area contributed by atoms with E-state index in [-0.39, 0.29) is 35.6 Å². The zero-order chi connectivity index (χ0) is 16.1. The fourth-order valence-electron chi connectivity index (χ4n) is 2.75. The zero-order valence-electron chi connectivity index (χ0n) is 12.7. The summed E-state index contributed by atoms with van der Waals surface area (Å²) >= 11 is 0. The highest BCUT2D eigenvalue weighted by Gasteiger charge is 2.27. The molecule has 1 fully saturated rings. The Morgan fingerprint density at radius 3 is 2.73 bits per heavy atom. The molecule has 6 heteroatoms. The molecule has 1 saturated heterocycles. The molecular weight excluding hydrogens is 284 g/mol. The maximum Gasteiger partial charge on any atom is 0.255 e. The van der Waals surface area contributed by atoms with Crippen LogP contribution in [-0.4, -0.2) is 36.2 Å². The molecule has 120 valence electrons. The first-order valence-corrected chi connectivity index (χ1v) is 7.44. The van der Waals surface area contributed by atoms with Crippen LogP contribution in [0.2, 0.25) is 0 Å². The number of amides is 2. The van der Waals surface area contributed by atoms with E-state index in [2.05, 4.69) is 5.32 Å². The van der Waals surface area contributed by atoms with Gasteiger partial charge in [0.15, 0.2) is 0 Å². The quantitative estimate of drug-likeness (QED) is 0.758. The van der Waals surface area contributed by atoms with Crippen LogP contribution in [0.1, 0.15) is 35.2 Å². The van der Waals surface area contributed by atoms with Gasteiger partial charge in [-0.3, -0.25) is 9.59 Å². The fraction of sp³-hybridized carbons (Fsp3) is 0.500. The Morgan fingerprint density at radius 2 is 2.09 bits per heavy atom. The first-order valence-electron chi connectivity index (χ1n) is 7.44. The molecule has 0 saturated carbocycles. The third-order valence-corrected chi connectivity index (χ3v) is 3.97. The van der Waals surface area contributed by atoms with Gasteiger partial charge in [0.05, 0.1) is 5.56 Å². The van der Waals surface area contributed by atoms with Crippen molar-refractivity contribution >= 4 is 11.8 Å². The molecule has 1 atom stereocenters. The molecule has 2 amide bonds. The number of nitrogens with two attached hydrogens (primary N) is 1. The van der Waals surface area contributed by atoms with Gasteiger partial charge in [0, 0.05) is 25.7 Å². The summed E-state index contributed by atoms with van der Waals surface area (Å²) in [6.07, 6.45) is 1.64. The van der Waals surface area contributed by atoms with Crippen molar-refractivity contribution in [2.45, 2.75) is 32.2 Å². The van der Waals surface area contributed by atoms with Crippen molar-refractivity contribution in [2.24, 2.45) is 11.7 Å². The predicted molar refractivity (Wildman–Crippen MR) is 81.5 cm³/mol. The molecule has 1 heterocycles. The number of phenols is 1. The summed E-state index contributed by atoms with van der Waals surface area (Å²) in [5.41, 5.74) is 6.38. The van der Waals surface area contributed by atoms with Crippen molar-refractivity contribution in [3.05, 3.63) is 29.3 Å². The highest BCUT2D eigenvalue weighted by atomic mass is 16.5. The molecule has 0 aromatic heterocycles. The molecule has 0 bridgehead atoms. The van der Waals surface area contributed by atoms with E-state index in [1.165, 1.54) is 6.07 Å². The molecule has 2 rings (SSSR count). The summed E-state index contributed by atoms with van der Waals surface area (Å²) in [5, 5.41) is 12.7. The van der Waals surface area contributed by atoms with Gasteiger partial charge in [0.25, 0.3) is 5.91 Å². The third-order valence-electron chi connectivity index (χ3n) is 3.97. The Hall–Kier alpha value is -2.08. The van der Waals surface area contributed by atoms with E-state index in [1.807, 2.05) is 6.92 Å². The van der Waals surface area contributed by atoms with Gasteiger partial charge in [-0.2, -0.15) is 0 Å². The van der Waals surface area contributed by atoms with Gasteiger partial charge in [-0.1, -0.05) is 11.6 Å². The van der Waals surface area contributed by atoms with Crippen LogP contribution >= 0.6 is 0 Å². The summed E-state index contributed by atoms with van der Waals surface area (Å²) < 4.78 is 5.31. The molecule has 1 unspecified atom stereocenters. The van der Waals surface area contributed by atoms with Gasteiger partial charge in [-0.25, -0.2) is 0 Å². The number of primary amides is 1. The lowest BCUT2D eigenvalue weighted by molar-refractivity contribution is -0.118. The van der Waals surface area contributed by atoms with Crippen LogP contribution in [0.5, 0.6) is 5.75 Å². The van der Waals surface area contributed by atoms with E-state index in [0.717, 1.165) is 18.4 Å². The van der Waals surface area contributed by atoms with Gasteiger partial charge in [0.1, 0.15) is 5.75 Å². The van der Waals surface area contributed by atoms with E-state index < -0.39 is 5.91 Å². The van der Waals surface area contributed by atoms with Crippen molar-refractivity contribution in [3.8, 4) is 5.75 Å². The van der Waals surface area contributed by atoms with Crippen LogP contribution in [0.4, 0.5) is 0 Å². The number of aryl methyl sites for hydroxylation is 1. The van der Waals surface area contributed by atoms with E-state index in [1.54, 1.807) is 12.1 Å². The molecule has 1 aromatic carbocycles. The summed E-state index contributed by atoms with van der Waals surface area (Å²) in [6.45, 7) is 3.08. The number of ether oxygens (including phenoxy) is 1. The lowest BCUT2D eigenvalue weighted by Gasteiger charge is -2.30. The number of carbonyl (C=O) groups excluding carboxylic acids is 2. The molecule has 1 aliphatic rings. The average Bonchev–Trinajstić information content (AvgIpc) is 2.49. The summed E-state index contributed by atoms with van der Waals surface area (Å²) in [6, 6.07) is 4.50. The molecule has 0 spiro atoms. The van der Waals surface area contributed by atoms with E-state index in [4.69, 9.17) is 10.5 Å². The second-order valence-corrected chi connectivity index (χ2v) is 5.72. The minimum Gasteiger partial charge on any atom is -0.507 e. The van der Waals surface area contributed by atoms with Gasteiger partial charge in [0.2, 0.25) is 5.91 Å². The normalized spacial score (nSPS) is 17.0. The predicted octanol–water partition coefficient (Wildman–Crippen LogP) is 1.10. The molecule has 0 radical (unpaired) electrons. The topological polar surface area (TPSA) is 102 Å². The van der Waals surface area contributed by atoms with Crippen molar-refractivity contribution in [1.29, 1.82) is 0 Å². The Kier molecular flexibility index (Phi) is 5.38. The number of aromatic hydroxyl groups is 1. The number of hydrogen-bond acceptors (Lipinski definition) is 4. The highest BCUT2D eigenvalue weighted by Crippen LogP contribution is 2.23. The summed E-state index contributed by atoms with van der Waals surface area (Å²) in [5.74, 6) is -0.769. The van der Waals surface area contributed by atoms with E-state index in [0.29, 0.717) is 13.2 Å². The molecule has 0 aliphatic carbocycles. The van der Waals surface area contributed by atoms with E-state index >= 15 is 0 Å². The molecule has 22 heavy (non-hydrogen) atoms. The fourth-order valence-corrected chi connectivity index (χ4v) is 2.75. The van der Waals surface area contributed by atoms with Crippen LogP contribution < -0.4 is 11.1 Å². The zero-order valence-corrected chi connectivity index (χ0v) is 12.7. The third kappa shape index (κ3) is 4.21. The molecule has 6 nitrogen and oxygen atoms in total. The van der Waals surface area contributed by atoms with Gasteiger partial charge in [-0.15, -0.1) is 0 Å². The van der Waals surface area contributed by atoms with Gasteiger partial charge >= 0.3 is 0 Å². The average molecular weight is 306 g/mol. The van der Waals surface area contributed by atoms with Gasteiger partial charge < -0.3 is 20.9 Å². The number of phenolic OH excluding ortho intramolecular Hbond substituents is 1. The number of hydrogen-bond donors (Lipinski definition) is 3. The minimum atomic E-state index is -0.453. The number of benzene rings is 1. The second kappa shape index (κ2) is 7.26. The number of carbonyl (C=O) groups is 2. The number of rotatable bonds is 5. The van der Waals surface area contributed by atoms with Gasteiger partial charge in [-0.05, 0) is 37.8 Å². The Morgan fingerprint density at radius 1 is 1.41 bits per heavy atom. The van der Waals surface area contributed by atoms with Crippen molar-refractivity contribution < 1.29 is 19.4 Å². The number of nitrogens with one attached hydrogen (secondary N) is 1. The Balaban J connectivity index is 2.13. The van der Waals surface area contributed by atoms with Crippen LogP contribution in [-0.2, 0) is 9.53 Å². The Labute approximate surface area is 129 Å². The van der Waals surface area contributed by atoms with Crippen molar-refractivity contribution in [1.82, 2.24) is 5.32 Å². The summed E-state index contributed by atoms with van der Waals surface area (Å²) in [4.78, 5) is 23.7. The van der Waals surface area contributed by atoms with Crippen LogP contribution in [0.15, 0.2) is 18.2 Å².